The van der Waals surface area contributed by atoms with E-state index in [1.165, 1.54) is 63.0 Å². The van der Waals surface area contributed by atoms with Crippen LogP contribution >= 0.6 is 0 Å². The summed E-state index contributed by atoms with van der Waals surface area (Å²) >= 11 is 0. The Bertz CT molecular complexity index is 627. The zero-order valence-electron chi connectivity index (χ0n) is 15.5. The van der Waals surface area contributed by atoms with Crippen molar-refractivity contribution in [3.63, 3.8) is 0 Å². The van der Waals surface area contributed by atoms with Crippen LogP contribution in [0.3, 0.4) is 0 Å². The van der Waals surface area contributed by atoms with Crippen LogP contribution in [0, 0.1) is 34.9 Å². The molecule has 0 bridgehead atoms. The van der Waals surface area contributed by atoms with Crippen molar-refractivity contribution in [2.45, 2.75) is 70.1 Å². The fourth-order valence-corrected chi connectivity index (χ4v) is 4.88. The van der Waals surface area contributed by atoms with Crippen LogP contribution in [0.15, 0.2) is 36.2 Å². The highest BCUT2D eigenvalue weighted by molar-refractivity contribution is 5.20. The van der Waals surface area contributed by atoms with Crippen molar-refractivity contribution < 1.29 is 8.78 Å². The van der Waals surface area contributed by atoms with E-state index in [9.17, 15) is 8.78 Å². The van der Waals surface area contributed by atoms with E-state index >= 15 is 0 Å². The van der Waals surface area contributed by atoms with Crippen LogP contribution in [0.25, 0.3) is 0 Å². The largest absolute Gasteiger partial charge is 0.207 e. The van der Waals surface area contributed by atoms with Gasteiger partial charge in [-0.15, -0.1) is 0 Å². The first-order valence-electron chi connectivity index (χ1n) is 10.2. The molecule has 2 fully saturated rings. The summed E-state index contributed by atoms with van der Waals surface area (Å²) in [5.74, 6) is 1.70. The minimum absolute atomic E-state index is 0.150. The Morgan fingerprint density at radius 1 is 0.923 bits per heavy atom. The Hall–Kier alpha value is -1.69. The maximum absolute atomic E-state index is 13.1. The molecule has 0 aliphatic heterocycles. The van der Waals surface area contributed by atoms with Crippen LogP contribution in [0.2, 0.25) is 0 Å². The van der Waals surface area contributed by atoms with Gasteiger partial charge >= 0.3 is 0 Å². The number of rotatable bonds is 5. The molecule has 3 rings (SSSR count). The lowest BCUT2D eigenvalue weighted by molar-refractivity contribution is 0.245. The van der Waals surface area contributed by atoms with Crippen molar-refractivity contribution in [2.24, 2.45) is 17.8 Å². The molecule has 26 heavy (non-hydrogen) atoms. The Balaban J connectivity index is 1.36. The lowest BCUT2D eigenvalue weighted by atomic mass is 9.74. The van der Waals surface area contributed by atoms with E-state index in [2.05, 4.69) is 0 Å². The van der Waals surface area contributed by atoms with Gasteiger partial charge in [-0.2, -0.15) is 9.65 Å². The van der Waals surface area contributed by atoms with Gasteiger partial charge in [0.2, 0.25) is 0 Å². The molecule has 0 N–H and O–H groups in total. The van der Waals surface area contributed by atoms with Crippen LogP contribution in [-0.4, -0.2) is 0 Å². The molecule has 2 aliphatic rings. The fourth-order valence-electron chi connectivity index (χ4n) is 4.88. The molecule has 0 heterocycles. The van der Waals surface area contributed by atoms with Gasteiger partial charge in [0.25, 0.3) is 0 Å². The minimum Gasteiger partial charge on any atom is -0.207 e. The molecule has 3 heteroatoms. The summed E-state index contributed by atoms with van der Waals surface area (Å²) in [4.78, 5) is 0. The Kier molecular flexibility index (Phi) is 6.83. The molecule has 2 saturated carbocycles. The second-order valence-corrected chi connectivity index (χ2v) is 8.25. The molecule has 0 radical (unpaired) electrons. The smallest absolute Gasteiger partial charge is 0.196 e. The van der Waals surface area contributed by atoms with E-state index in [4.69, 9.17) is 5.26 Å². The molecular weight excluding hydrogens is 328 g/mol. The average Bonchev–Trinajstić information content (AvgIpc) is 2.68. The van der Waals surface area contributed by atoms with E-state index in [0.717, 1.165) is 24.7 Å². The molecule has 0 aromatic heterocycles. The monoisotopic (exact) mass is 357 g/mol. The molecule has 0 atom stereocenters. The summed E-state index contributed by atoms with van der Waals surface area (Å²) in [5.41, 5.74) is 1.29. The van der Waals surface area contributed by atoms with Crippen molar-refractivity contribution >= 4 is 0 Å². The third-order valence-electron chi connectivity index (χ3n) is 6.55. The molecule has 1 nitrogen and oxygen atoms in total. The Labute approximate surface area is 156 Å². The zero-order valence-corrected chi connectivity index (χ0v) is 15.5. The number of nitrogens with zero attached hydrogens (tertiary/aromatic N) is 1. The third kappa shape index (κ3) is 5.40. The summed E-state index contributed by atoms with van der Waals surface area (Å²) in [6, 6.07) is 8.64. The summed E-state index contributed by atoms with van der Waals surface area (Å²) < 4.78 is 26.1. The number of allylic oxidation sites excluding steroid dienone is 2. The zero-order chi connectivity index (χ0) is 18.4. The van der Waals surface area contributed by atoms with Crippen LogP contribution in [0.1, 0.15) is 75.7 Å². The van der Waals surface area contributed by atoms with Gasteiger partial charge < -0.3 is 0 Å². The lowest BCUT2D eigenvalue weighted by Gasteiger charge is -2.31. The number of hydrogen-bond donors (Lipinski definition) is 0. The van der Waals surface area contributed by atoms with Gasteiger partial charge in [0.1, 0.15) is 11.9 Å². The number of benzene rings is 1. The first kappa shape index (κ1) is 19.1. The van der Waals surface area contributed by atoms with E-state index in [-0.39, 0.29) is 11.7 Å². The predicted molar refractivity (Wildman–Crippen MR) is 101 cm³/mol. The van der Waals surface area contributed by atoms with Crippen molar-refractivity contribution in [3.8, 4) is 6.07 Å². The quantitative estimate of drug-likeness (QED) is 0.517. The molecule has 2 aliphatic carbocycles. The number of hydrogen-bond acceptors (Lipinski definition) is 1. The number of halogens is 2. The normalized spacial score (nSPS) is 30.0. The standard InChI is InChI=1S/C23H29F2N/c24-22-13-11-21(12-14-22)20-9-7-18(8-10-20)2-1-17-3-5-19(6-4-17)15-23(25)16-26/h11-15,17-20H,1-10H2/b23-15-. The van der Waals surface area contributed by atoms with E-state index in [1.807, 2.05) is 12.1 Å². The topological polar surface area (TPSA) is 23.8 Å². The molecule has 1 aromatic carbocycles. The molecule has 140 valence electrons. The summed E-state index contributed by atoms with van der Waals surface area (Å²) in [6.07, 6.45) is 13.5. The van der Waals surface area contributed by atoms with E-state index in [0.29, 0.717) is 5.92 Å². The summed E-state index contributed by atoms with van der Waals surface area (Å²) in [6.45, 7) is 0. The van der Waals surface area contributed by atoms with Gasteiger partial charge in [0.05, 0.1) is 0 Å². The summed E-state index contributed by atoms with van der Waals surface area (Å²) in [7, 11) is 0. The summed E-state index contributed by atoms with van der Waals surface area (Å²) in [5, 5.41) is 8.54. The van der Waals surface area contributed by atoms with Crippen LogP contribution in [-0.2, 0) is 0 Å². The second kappa shape index (κ2) is 9.31. The lowest BCUT2D eigenvalue weighted by Crippen LogP contribution is -2.17. The van der Waals surface area contributed by atoms with Gasteiger partial charge in [-0.1, -0.05) is 25.0 Å². The van der Waals surface area contributed by atoms with Crippen molar-refractivity contribution in [1.82, 2.24) is 0 Å². The highest BCUT2D eigenvalue weighted by Crippen LogP contribution is 2.40. The van der Waals surface area contributed by atoms with Gasteiger partial charge in [-0.05, 0) is 98.8 Å². The van der Waals surface area contributed by atoms with E-state index in [1.54, 1.807) is 18.2 Å². The minimum atomic E-state index is -0.619. The maximum atomic E-state index is 13.1. The van der Waals surface area contributed by atoms with Crippen molar-refractivity contribution in [1.29, 1.82) is 5.26 Å². The van der Waals surface area contributed by atoms with E-state index < -0.39 is 5.83 Å². The second-order valence-electron chi connectivity index (χ2n) is 8.25. The Morgan fingerprint density at radius 2 is 1.46 bits per heavy atom. The molecule has 0 saturated heterocycles. The van der Waals surface area contributed by atoms with Gasteiger partial charge in [-0.25, -0.2) is 4.39 Å². The van der Waals surface area contributed by atoms with Crippen molar-refractivity contribution in [3.05, 3.63) is 47.5 Å². The van der Waals surface area contributed by atoms with Gasteiger partial charge in [-0.3, -0.25) is 0 Å². The highest BCUT2D eigenvalue weighted by Gasteiger charge is 2.25. The van der Waals surface area contributed by atoms with Crippen molar-refractivity contribution in [2.75, 3.05) is 0 Å². The molecular formula is C23H29F2N. The van der Waals surface area contributed by atoms with Crippen LogP contribution in [0.5, 0.6) is 0 Å². The predicted octanol–water partition coefficient (Wildman–Crippen LogP) is 7.06. The first-order valence-corrected chi connectivity index (χ1v) is 10.2. The van der Waals surface area contributed by atoms with Crippen LogP contribution in [0.4, 0.5) is 8.78 Å². The van der Waals surface area contributed by atoms with Gasteiger partial charge in [0, 0.05) is 0 Å². The highest BCUT2D eigenvalue weighted by atomic mass is 19.1. The molecule has 0 spiro atoms. The van der Waals surface area contributed by atoms with Gasteiger partial charge in [0.15, 0.2) is 5.83 Å². The maximum Gasteiger partial charge on any atom is 0.196 e. The Morgan fingerprint density at radius 3 is 2.00 bits per heavy atom. The molecule has 1 aromatic rings. The number of nitriles is 1. The average molecular weight is 357 g/mol. The molecule has 0 amide bonds. The third-order valence-corrected chi connectivity index (χ3v) is 6.55. The molecule has 0 unspecified atom stereocenters. The van der Waals surface area contributed by atoms with Crippen LogP contribution < -0.4 is 0 Å². The first-order chi connectivity index (χ1) is 12.6. The SMILES string of the molecule is N#C/C(F)=C/C1CCC(CCC2CCC(c3ccc(F)cc3)CC2)CC1. The fraction of sp³-hybridized carbons (Fsp3) is 0.609.